The van der Waals surface area contributed by atoms with Gasteiger partial charge in [0, 0.05) is 31.3 Å². The molecule has 0 bridgehead atoms. The third-order valence-corrected chi connectivity index (χ3v) is 2.63. The van der Waals surface area contributed by atoms with Crippen molar-refractivity contribution < 1.29 is 9.90 Å². The van der Waals surface area contributed by atoms with Gasteiger partial charge in [-0.2, -0.15) is 0 Å². The molecular weight excluding hydrogens is 232 g/mol. The second kappa shape index (κ2) is 4.87. The topological polar surface area (TPSA) is 80.0 Å². The normalized spacial score (nSPS) is 10.3. The second-order valence-corrected chi connectivity index (χ2v) is 3.98. The standard InChI is InChI=1S/C12H14N4O2/c1-8-5-10(9(6-14-8)12(17)18)15-7-11-13-3-4-16(11)2/h3-6H,7H2,1-2H3,(H,14,15)(H,17,18). The van der Waals surface area contributed by atoms with Gasteiger partial charge >= 0.3 is 5.97 Å². The monoisotopic (exact) mass is 246 g/mol. The van der Waals surface area contributed by atoms with Crippen molar-refractivity contribution in [2.75, 3.05) is 5.32 Å². The fraction of sp³-hybridized carbons (Fsp3) is 0.250. The van der Waals surface area contributed by atoms with Gasteiger partial charge in [0.25, 0.3) is 0 Å². The van der Waals surface area contributed by atoms with Crippen LogP contribution < -0.4 is 5.32 Å². The molecule has 2 heterocycles. The molecule has 0 amide bonds. The highest BCUT2D eigenvalue weighted by molar-refractivity contribution is 5.93. The van der Waals surface area contributed by atoms with Crippen LogP contribution in [0.25, 0.3) is 0 Å². The van der Waals surface area contributed by atoms with E-state index in [1.807, 2.05) is 24.7 Å². The Hall–Kier alpha value is -2.37. The Morgan fingerprint density at radius 1 is 1.50 bits per heavy atom. The highest BCUT2D eigenvalue weighted by Crippen LogP contribution is 2.16. The molecule has 0 aliphatic rings. The molecule has 18 heavy (non-hydrogen) atoms. The number of nitrogens with one attached hydrogen (secondary N) is 1. The van der Waals surface area contributed by atoms with E-state index < -0.39 is 5.97 Å². The predicted octanol–water partition coefficient (Wildman–Crippen LogP) is 1.43. The molecular formula is C12H14N4O2. The van der Waals surface area contributed by atoms with Crippen molar-refractivity contribution in [2.45, 2.75) is 13.5 Å². The number of anilines is 1. The number of hydrogen-bond acceptors (Lipinski definition) is 4. The van der Waals surface area contributed by atoms with E-state index in [2.05, 4.69) is 15.3 Å². The zero-order valence-electron chi connectivity index (χ0n) is 10.2. The lowest BCUT2D eigenvalue weighted by atomic mass is 10.2. The molecule has 0 saturated carbocycles. The minimum atomic E-state index is -0.996. The lowest BCUT2D eigenvalue weighted by molar-refractivity contribution is 0.0697. The molecule has 2 rings (SSSR count). The van der Waals surface area contributed by atoms with E-state index >= 15 is 0 Å². The Kier molecular flexibility index (Phi) is 3.27. The van der Waals surface area contributed by atoms with Gasteiger partial charge in [0.2, 0.25) is 0 Å². The number of pyridine rings is 1. The molecule has 0 radical (unpaired) electrons. The van der Waals surface area contributed by atoms with Gasteiger partial charge in [-0.3, -0.25) is 4.98 Å². The summed E-state index contributed by atoms with van der Waals surface area (Å²) < 4.78 is 1.88. The average Bonchev–Trinajstić information content (AvgIpc) is 2.72. The molecule has 0 unspecified atom stereocenters. The Labute approximate surface area is 104 Å². The molecule has 2 aromatic rings. The fourth-order valence-corrected chi connectivity index (χ4v) is 1.62. The summed E-state index contributed by atoms with van der Waals surface area (Å²) in [4.78, 5) is 19.2. The van der Waals surface area contributed by atoms with E-state index in [1.54, 1.807) is 12.3 Å². The van der Waals surface area contributed by atoms with Crippen LogP contribution >= 0.6 is 0 Å². The van der Waals surface area contributed by atoms with E-state index in [0.717, 1.165) is 11.5 Å². The van der Waals surface area contributed by atoms with E-state index in [9.17, 15) is 4.79 Å². The van der Waals surface area contributed by atoms with Gasteiger partial charge < -0.3 is 15.0 Å². The smallest absolute Gasteiger partial charge is 0.339 e. The molecule has 2 N–H and O–H groups in total. The van der Waals surface area contributed by atoms with Crippen LogP contribution in [0.4, 0.5) is 5.69 Å². The molecule has 2 aromatic heterocycles. The van der Waals surface area contributed by atoms with Crippen LogP contribution in [0.1, 0.15) is 21.9 Å². The number of carbonyl (C=O) groups is 1. The lowest BCUT2D eigenvalue weighted by Crippen LogP contribution is -2.10. The van der Waals surface area contributed by atoms with Crippen LogP contribution in [0.5, 0.6) is 0 Å². The summed E-state index contributed by atoms with van der Waals surface area (Å²) in [6.07, 6.45) is 4.90. The molecule has 0 spiro atoms. The molecule has 0 fully saturated rings. The van der Waals surface area contributed by atoms with Crippen molar-refractivity contribution in [2.24, 2.45) is 7.05 Å². The van der Waals surface area contributed by atoms with E-state index in [1.165, 1.54) is 6.20 Å². The average molecular weight is 246 g/mol. The number of aromatic carboxylic acids is 1. The number of nitrogens with zero attached hydrogens (tertiary/aromatic N) is 3. The van der Waals surface area contributed by atoms with Gasteiger partial charge in [0.05, 0.1) is 12.2 Å². The Bertz CT molecular complexity index is 577. The summed E-state index contributed by atoms with van der Waals surface area (Å²) in [6, 6.07) is 1.71. The van der Waals surface area contributed by atoms with Gasteiger partial charge in [-0.05, 0) is 13.0 Å². The van der Waals surface area contributed by atoms with Crippen LogP contribution in [0, 0.1) is 6.92 Å². The number of aromatic nitrogens is 3. The zero-order chi connectivity index (χ0) is 13.1. The van der Waals surface area contributed by atoms with Gasteiger partial charge in [-0.15, -0.1) is 0 Å². The minimum Gasteiger partial charge on any atom is -0.478 e. The van der Waals surface area contributed by atoms with Gasteiger partial charge in [0.1, 0.15) is 11.4 Å². The van der Waals surface area contributed by atoms with Crippen LogP contribution in [0.3, 0.4) is 0 Å². The third kappa shape index (κ3) is 2.48. The van der Waals surface area contributed by atoms with Crippen molar-refractivity contribution in [3.8, 4) is 0 Å². The molecule has 0 aliphatic heterocycles. The van der Waals surface area contributed by atoms with Crippen LogP contribution in [0.15, 0.2) is 24.7 Å². The largest absolute Gasteiger partial charge is 0.478 e. The summed E-state index contributed by atoms with van der Waals surface area (Å²) >= 11 is 0. The number of carboxylic acid groups (broad SMARTS) is 1. The van der Waals surface area contributed by atoms with Crippen molar-refractivity contribution in [1.29, 1.82) is 0 Å². The van der Waals surface area contributed by atoms with Crippen molar-refractivity contribution in [3.63, 3.8) is 0 Å². The molecule has 0 saturated heterocycles. The number of rotatable bonds is 4. The van der Waals surface area contributed by atoms with Crippen LogP contribution in [-0.4, -0.2) is 25.6 Å². The number of carboxylic acids is 1. The Morgan fingerprint density at radius 2 is 2.28 bits per heavy atom. The first-order valence-corrected chi connectivity index (χ1v) is 5.48. The Balaban J connectivity index is 2.20. The highest BCUT2D eigenvalue weighted by atomic mass is 16.4. The quantitative estimate of drug-likeness (QED) is 0.853. The summed E-state index contributed by atoms with van der Waals surface area (Å²) in [5, 5.41) is 12.1. The predicted molar refractivity (Wildman–Crippen MR) is 66.5 cm³/mol. The maximum atomic E-state index is 11.1. The highest BCUT2D eigenvalue weighted by Gasteiger charge is 2.11. The molecule has 0 aromatic carbocycles. The minimum absolute atomic E-state index is 0.162. The molecule has 6 heteroatoms. The van der Waals surface area contributed by atoms with E-state index in [-0.39, 0.29) is 5.56 Å². The SMILES string of the molecule is Cc1cc(NCc2nccn2C)c(C(=O)O)cn1. The van der Waals surface area contributed by atoms with Crippen LogP contribution in [0.2, 0.25) is 0 Å². The van der Waals surface area contributed by atoms with E-state index in [4.69, 9.17) is 5.11 Å². The van der Waals surface area contributed by atoms with Crippen LogP contribution in [-0.2, 0) is 13.6 Å². The zero-order valence-corrected chi connectivity index (χ0v) is 10.2. The van der Waals surface area contributed by atoms with Crippen molar-refractivity contribution in [1.82, 2.24) is 14.5 Å². The second-order valence-electron chi connectivity index (χ2n) is 3.98. The first kappa shape index (κ1) is 12.1. The van der Waals surface area contributed by atoms with Crippen molar-refractivity contribution in [3.05, 3.63) is 41.7 Å². The third-order valence-electron chi connectivity index (χ3n) is 2.63. The molecule has 0 atom stereocenters. The van der Waals surface area contributed by atoms with Gasteiger partial charge in [0.15, 0.2) is 0 Å². The summed E-state index contributed by atoms with van der Waals surface area (Å²) in [5.41, 5.74) is 1.48. The van der Waals surface area contributed by atoms with E-state index in [0.29, 0.717) is 12.2 Å². The maximum absolute atomic E-state index is 11.1. The molecule has 6 nitrogen and oxygen atoms in total. The first-order chi connectivity index (χ1) is 8.58. The van der Waals surface area contributed by atoms with Crippen molar-refractivity contribution >= 4 is 11.7 Å². The fourth-order valence-electron chi connectivity index (χ4n) is 1.62. The number of hydrogen-bond donors (Lipinski definition) is 2. The maximum Gasteiger partial charge on any atom is 0.339 e. The summed E-state index contributed by atoms with van der Waals surface area (Å²) in [5.74, 6) is -0.161. The molecule has 94 valence electrons. The Morgan fingerprint density at radius 3 is 2.89 bits per heavy atom. The summed E-state index contributed by atoms with van der Waals surface area (Å²) in [7, 11) is 1.89. The van der Waals surface area contributed by atoms with Gasteiger partial charge in [-0.1, -0.05) is 0 Å². The number of imidazole rings is 1. The first-order valence-electron chi connectivity index (χ1n) is 5.48. The molecule has 0 aliphatic carbocycles. The summed E-state index contributed by atoms with van der Waals surface area (Å²) in [6.45, 7) is 2.28. The number of aryl methyl sites for hydroxylation is 2. The lowest BCUT2D eigenvalue weighted by Gasteiger charge is -2.09. The van der Waals surface area contributed by atoms with Gasteiger partial charge in [-0.25, -0.2) is 9.78 Å².